The normalized spacial score (nSPS) is 12.6. The van der Waals surface area contributed by atoms with E-state index in [1.165, 1.54) is 11.1 Å². The average Bonchev–Trinajstić information content (AvgIpc) is 2.44. The van der Waals surface area contributed by atoms with Crippen LogP contribution < -0.4 is 4.74 Å². The van der Waals surface area contributed by atoms with Crippen molar-refractivity contribution in [2.45, 2.75) is 71.6 Å². The summed E-state index contributed by atoms with van der Waals surface area (Å²) >= 11 is 0. The van der Waals surface area contributed by atoms with Gasteiger partial charge in [0, 0.05) is 0 Å². The van der Waals surface area contributed by atoms with Crippen LogP contribution >= 0.6 is 0 Å². The monoisotopic (exact) mass is 275 g/mol. The lowest BCUT2D eigenvalue weighted by molar-refractivity contribution is 0.311. The standard InChI is InChI=1S/C19H31O/c1-8-13-20-17-14-15(18(4,5)9-2)11-12-16(17)19(6,7)10-3/h11-12,14H,1,8-10,13H2,2-7H3. The van der Waals surface area contributed by atoms with Gasteiger partial charge in [0.05, 0.1) is 6.61 Å². The number of hydrogen-bond acceptors (Lipinski definition) is 1. The van der Waals surface area contributed by atoms with Crippen molar-refractivity contribution >= 4 is 0 Å². The van der Waals surface area contributed by atoms with Gasteiger partial charge in [0.25, 0.3) is 0 Å². The Balaban J connectivity index is 3.26. The molecule has 113 valence electrons. The maximum atomic E-state index is 5.99. The van der Waals surface area contributed by atoms with Gasteiger partial charge in [-0.1, -0.05) is 53.7 Å². The highest BCUT2D eigenvalue weighted by Gasteiger charge is 2.25. The molecule has 0 aromatic heterocycles. The summed E-state index contributed by atoms with van der Waals surface area (Å²) in [5, 5.41) is 0. The lowest BCUT2D eigenvalue weighted by Gasteiger charge is -2.29. The molecule has 0 atom stereocenters. The molecule has 0 aliphatic rings. The molecule has 1 radical (unpaired) electrons. The van der Waals surface area contributed by atoms with Gasteiger partial charge < -0.3 is 4.74 Å². The first-order chi connectivity index (χ1) is 9.28. The van der Waals surface area contributed by atoms with E-state index < -0.39 is 0 Å². The molecule has 0 saturated carbocycles. The van der Waals surface area contributed by atoms with Crippen molar-refractivity contribution < 1.29 is 4.74 Å². The van der Waals surface area contributed by atoms with Gasteiger partial charge in [-0.05, 0) is 54.2 Å². The van der Waals surface area contributed by atoms with Crippen LogP contribution in [0.3, 0.4) is 0 Å². The highest BCUT2D eigenvalue weighted by Crippen LogP contribution is 2.38. The fourth-order valence-electron chi connectivity index (χ4n) is 2.20. The minimum Gasteiger partial charge on any atom is -0.493 e. The Morgan fingerprint density at radius 1 is 1.00 bits per heavy atom. The predicted octanol–water partition coefficient (Wildman–Crippen LogP) is 5.66. The second-order valence-electron chi connectivity index (χ2n) is 6.89. The molecule has 0 aliphatic heterocycles. The SMILES string of the molecule is [CH2]CCOc1cc(C(C)(C)CC)ccc1C(C)(C)CC. The molecule has 0 unspecified atom stereocenters. The Hall–Kier alpha value is -0.980. The molecule has 0 fully saturated rings. The van der Waals surface area contributed by atoms with Crippen LogP contribution in [0, 0.1) is 6.92 Å². The van der Waals surface area contributed by atoms with E-state index in [4.69, 9.17) is 4.74 Å². The first-order valence-electron chi connectivity index (χ1n) is 7.85. The quantitative estimate of drug-likeness (QED) is 0.623. The molecular formula is C19H31O. The molecule has 0 bridgehead atoms. The van der Waals surface area contributed by atoms with E-state index in [1.54, 1.807) is 0 Å². The fraction of sp³-hybridized carbons (Fsp3) is 0.632. The highest BCUT2D eigenvalue weighted by molar-refractivity contribution is 5.44. The highest BCUT2D eigenvalue weighted by atomic mass is 16.5. The van der Waals surface area contributed by atoms with Gasteiger partial charge in [-0.2, -0.15) is 0 Å². The minimum atomic E-state index is 0.144. The lowest BCUT2D eigenvalue weighted by Crippen LogP contribution is -2.20. The Kier molecular flexibility index (Phi) is 5.68. The molecular weight excluding hydrogens is 244 g/mol. The Morgan fingerprint density at radius 2 is 1.60 bits per heavy atom. The van der Waals surface area contributed by atoms with Crippen LogP contribution in [0.25, 0.3) is 0 Å². The van der Waals surface area contributed by atoms with Gasteiger partial charge >= 0.3 is 0 Å². The molecule has 1 aromatic rings. The summed E-state index contributed by atoms with van der Waals surface area (Å²) in [6, 6.07) is 6.77. The van der Waals surface area contributed by atoms with E-state index in [0.717, 1.165) is 25.0 Å². The first-order valence-corrected chi connectivity index (χ1v) is 7.85. The molecule has 0 amide bonds. The molecule has 1 heteroatoms. The van der Waals surface area contributed by atoms with Crippen LogP contribution in [0.15, 0.2) is 18.2 Å². The predicted molar refractivity (Wildman–Crippen MR) is 88.5 cm³/mol. The maximum absolute atomic E-state index is 5.99. The summed E-state index contributed by atoms with van der Waals surface area (Å²) in [6.45, 7) is 18.2. The fourth-order valence-corrected chi connectivity index (χ4v) is 2.20. The summed E-state index contributed by atoms with van der Waals surface area (Å²) in [7, 11) is 0. The van der Waals surface area contributed by atoms with E-state index in [0.29, 0.717) is 6.61 Å². The summed E-state index contributed by atoms with van der Waals surface area (Å²) in [5.74, 6) is 1.04. The number of ether oxygens (including phenoxy) is 1. The number of hydrogen-bond donors (Lipinski definition) is 0. The van der Waals surface area contributed by atoms with Gasteiger partial charge in [-0.15, -0.1) is 0 Å². The zero-order chi connectivity index (χ0) is 15.4. The molecule has 0 spiro atoms. The second kappa shape index (κ2) is 6.65. The third-order valence-electron chi connectivity index (χ3n) is 4.66. The maximum Gasteiger partial charge on any atom is 0.123 e. The molecule has 1 aromatic carbocycles. The number of rotatable bonds is 7. The average molecular weight is 275 g/mol. The van der Waals surface area contributed by atoms with Crippen LogP contribution in [0.1, 0.15) is 71.9 Å². The van der Waals surface area contributed by atoms with Crippen LogP contribution in [0.4, 0.5) is 0 Å². The Bertz CT molecular complexity index is 429. The smallest absolute Gasteiger partial charge is 0.123 e. The molecule has 20 heavy (non-hydrogen) atoms. The molecule has 0 N–H and O–H groups in total. The molecule has 1 rings (SSSR count). The van der Waals surface area contributed by atoms with Gasteiger partial charge in [0.1, 0.15) is 5.75 Å². The van der Waals surface area contributed by atoms with Crippen molar-refractivity contribution in [3.63, 3.8) is 0 Å². The van der Waals surface area contributed by atoms with E-state index in [9.17, 15) is 0 Å². The summed E-state index contributed by atoms with van der Waals surface area (Å²) in [5.41, 5.74) is 3.00. The summed E-state index contributed by atoms with van der Waals surface area (Å²) in [6.07, 6.45) is 3.02. The third kappa shape index (κ3) is 3.77. The molecule has 0 aliphatic carbocycles. The van der Waals surface area contributed by atoms with Crippen molar-refractivity contribution in [1.82, 2.24) is 0 Å². The van der Waals surface area contributed by atoms with Gasteiger partial charge in [0.2, 0.25) is 0 Å². The van der Waals surface area contributed by atoms with Gasteiger partial charge in [0.15, 0.2) is 0 Å². The topological polar surface area (TPSA) is 9.23 Å². The van der Waals surface area contributed by atoms with Crippen molar-refractivity contribution in [2.75, 3.05) is 6.61 Å². The van der Waals surface area contributed by atoms with Crippen LogP contribution in [0.5, 0.6) is 5.75 Å². The van der Waals surface area contributed by atoms with Crippen molar-refractivity contribution in [1.29, 1.82) is 0 Å². The third-order valence-corrected chi connectivity index (χ3v) is 4.66. The first kappa shape index (κ1) is 17.1. The van der Waals surface area contributed by atoms with E-state index in [2.05, 4.69) is 66.7 Å². The zero-order valence-electron chi connectivity index (χ0n) is 14.2. The molecule has 0 saturated heterocycles. The van der Waals surface area contributed by atoms with Crippen molar-refractivity contribution in [3.05, 3.63) is 36.2 Å². The molecule has 1 nitrogen and oxygen atoms in total. The Morgan fingerprint density at radius 3 is 2.10 bits per heavy atom. The summed E-state index contributed by atoms with van der Waals surface area (Å²) in [4.78, 5) is 0. The van der Waals surface area contributed by atoms with E-state index in [1.807, 2.05) is 0 Å². The lowest BCUT2D eigenvalue weighted by atomic mass is 9.77. The van der Waals surface area contributed by atoms with Crippen LogP contribution in [-0.2, 0) is 10.8 Å². The molecule has 0 heterocycles. The zero-order valence-corrected chi connectivity index (χ0v) is 14.2. The van der Waals surface area contributed by atoms with Crippen LogP contribution in [-0.4, -0.2) is 6.61 Å². The van der Waals surface area contributed by atoms with Crippen molar-refractivity contribution in [3.8, 4) is 5.75 Å². The van der Waals surface area contributed by atoms with Gasteiger partial charge in [-0.3, -0.25) is 0 Å². The number of benzene rings is 1. The van der Waals surface area contributed by atoms with Gasteiger partial charge in [-0.25, -0.2) is 0 Å². The second-order valence-corrected chi connectivity index (χ2v) is 6.89. The largest absolute Gasteiger partial charge is 0.493 e. The van der Waals surface area contributed by atoms with E-state index >= 15 is 0 Å². The minimum absolute atomic E-state index is 0.144. The van der Waals surface area contributed by atoms with Crippen molar-refractivity contribution in [2.24, 2.45) is 0 Å². The van der Waals surface area contributed by atoms with Crippen LogP contribution in [0.2, 0.25) is 0 Å². The summed E-state index contributed by atoms with van der Waals surface area (Å²) < 4.78 is 5.99. The Labute approximate surface area is 125 Å². The van der Waals surface area contributed by atoms with E-state index in [-0.39, 0.29) is 10.8 Å².